The fourth-order valence-corrected chi connectivity index (χ4v) is 2.75. The van der Waals surface area contributed by atoms with Gasteiger partial charge in [0.2, 0.25) is 5.91 Å². The van der Waals surface area contributed by atoms with Crippen molar-refractivity contribution >= 4 is 33.2 Å². The summed E-state index contributed by atoms with van der Waals surface area (Å²) in [7, 11) is 0. The van der Waals surface area contributed by atoms with Gasteiger partial charge in [0.05, 0.1) is 0 Å². The maximum absolute atomic E-state index is 12.1. The summed E-state index contributed by atoms with van der Waals surface area (Å²) in [6.45, 7) is 3.68. The number of hydrogen-bond donors (Lipinski definition) is 2. The molecule has 0 aliphatic carbocycles. The van der Waals surface area contributed by atoms with E-state index in [2.05, 4.69) is 26.6 Å². The lowest BCUT2D eigenvalue weighted by Gasteiger charge is -2.19. The quantitative estimate of drug-likeness (QED) is 0.810. The molecule has 0 saturated carbocycles. The van der Waals surface area contributed by atoms with Crippen LogP contribution in [0.25, 0.3) is 0 Å². The monoisotopic (exact) mass is 390 g/mol. The molecular formula is C18H19BrN2O3. The molecule has 1 aliphatic rings. The normalized spacial score (nSPS) is 12.6. The Morgan fingerprint density at radius 1 is 1.08 bits per heavy atom. The van der Waals surface area contributed by atoms with Crippen LogP contribution in [-0.2, 0) is 4.79 Å². The lowest BCUT2D eigenvalue weighted by atomic mass is 10.2. The summed E-state index contributed by atoms with van der Waals surface area (Å²) in [5.74, 6) is 1.33. The summed E-state index contributed by atoms with van der Waals surface area (Å²) in [6.07, 6.45) is 0.375. The standard InChI is InChI=1S/C18H19BrN2O3/c1-12-2-3-13(10-15(12)19)20-7-6-18(22)21-14-4-5-16-17(11-14)24-9-8-23-16/h2-5,10-11,20H,6-9H2,1H3,(H,21,22). The molecule has 2 aromatic carbocycles. The van der Waals surface area contributed by atoms with Gasteiger partial charge < -0.3 is 20.1 Å². The van der Waals surface area contributed by atoms with Crippen molar-refractivity contribution < 1.29 is 14.3 Å². The lowest BCUT2D eigenvalue weighted by molar-refractivity contribution is -0.115. The molecule has 0 spiro atoms. The van der Waals surface area contributed by atoms with E-state index in [0.29, 0.717) is 43.4 Å². The van der Waals surface area contributed by atoms with Crippen molar-refractivity contribution in [2.24, 2.45) is 0 Å². The molecule has 1 amide bonds. The minimum Gasteiger partial charge on any atom is -0.486 e. The molecule has 6 heteroatoms. The number of nitrogens with one attached hydrogen (secondary N) is 2. The first-order valence-electron chi connectivity index (χ1n) is 7.81. The molecule has 1 heterocycles. The summed E-state index contributed by atoms with van der Waals surface area (Å²) in [5, 5.41) is 6.12. The molecule has 1 aliphatic heterocycles. The van der Waals surface area contributed by atoms with Gasteiger partial charge in [0, 0.05) is 34.9 Å². The third-order valence-corrected chi connectivity index (χ3v) is 4.53. The van der Waals surface area contributed by atoms with E-state index < -0.39 is 0 Å². The van der Waals surface area contributed by atoms with Crippen LogP contribution in [0.3, 0.4) is 0 Å². The van der Waals surface area contributed by atoms with Crippen molar-refractivity contribution in [3.63, 3.8) is 0 Å². The minimum absolute atomic E-state index is 0.0506. The van der Waals surface area contributed by atoms with Gasteiger partial charge in [-0.3, -0.25) is 4.79 Å². The van der Waals surface area contributed by atoms with Crippen molar-refractivity contribution in [2.45, 2.75) is 13.3 Å². The molecule has 3 rings (SSSR count). The van der Waals surface area contributed by atoms with Crippen molar-refractivity contribution in [1.82, 2.24) is 0 Å². The molecule has 5 nitrogen and oxygen atoms in total. The molecule has 0 atom stereocenters. The molecule has 0 fully saturated rings. The van der Waals surface area contributed by atoms with Gasteiger partial charge >= 0.3 is 0 Å². The van der Waals surface area contributed by atoms with E-state index >= 15 is 0 Å². The number of amides is 1. The number of benzene rings is 2. The Bertz CT molecular complexity index is 749. The van der Waals surface area contributed by atoms with Crippen molar-refractivity contribution in [3.8, 4) is 11.5 Å². The van der Waals surface area contributed by atoms with E-state index in [1.54, 1.807) is 6.07 Å². The van der Waals surface area contributed by atoms with Gasteiger partial charge in [0.15, 0.2) is 11.5 Å². The average molecular weight is 391 g/mol. The number of rotatable bonds is 5. The van der Waals surface area contributed by atoms with E-state index in [9.17, 15) is 4.79 Å². The molecule has 126 valence electrons. The predicted octanol–water partition coefficient (Wildman–Crippen LogP) is 3.97. The Hall–Kier alpha value is -2.21. The van der Waals surface area contributed by atoms with Crippen LogP contribution in [0.1, 0.15) is 12.0 Å². The summed E-state index contributed by atoms with van der Waals surface area (Å²) < 4.78 is 12.0. The van der Waals surface area contributed by atoms with Crippen molar-refractivity contribution in [1.29, 1.82) is 0 Å². The number of fused-ring (bicyclic) bond motifs is 1. The van der Waals surface area contributed by atoms with Crippen LogP contribution < -0.4 is 20.1 Å². The highest BCUT2D eigenvalue weighted by atomic mass is 79.9. The first-order chi connectivity index (χ1) is 11.6. The fourth-order valence-electron chi connectivity index (χ4n) is 2.37. The van der Waals surface area contributed by atoms with E-state index in [4.69, 9.17) is 9.47 Å². The Morgan fingerprint density at radius 3 is 2.62 bits per heavy atom. The van der Waals surface area contributed by atoms with Crippen LogP contribution in [0.15, 0.2) is 40.9 Å². The van der Waals surface area contributed by atoms with Crippen LogP contribution >= 0.6 is 15.9 Å². The second kappa shape index (κ2) is 7.57. The molecular weight excluding hydrogens is 372 g/mol. The van der Waals surface area contributed by atoms with Gasteiger partial charge in [-0.2, -0.15) is 0 Å². The topological polar surface area (TPSA) is 59.6 Å². The number of hydrogen-bond acceptors (Lipinski definition) is 4. The molecule has 0 saturated heterocycles. The highest BCUT2D eigenvalue weighted by molar-refractivity contribution is 9.10. The molecule has 0 bridgehead atoms. The van der Waals surface area contributed by atoms with Crippen LogP contribution in [0.2, 0.25) is 0 Å². The first-order valence-corrected chi connectivity index (χ1v) is 8.60. The maximum Gasteiger partial charge on any atom is 0.226 e. The summed E-state index contributed by atoms with van der Waals surface area (Å²) in [4.78, 5) is 12.1. The van der Waals surface area contributed by atoms with E-state index in [0.717, 1.165) is 10.2 Å². The van der Waals surface area contributed by atoms with Crippen LogP contribution in [0.4, 0.5) is 11.4 Å². The van der Waals surface area contributed by atoms with Crippen molar-refractivity contribution in [2.75, 3.05) is 30.4 Å². The SMILES string of the molecule is Cc1ccc(NCCC(=O)Nc2ccc3c(c2)OCCO3)cc1Br. The Morgan fingerprint density at radius 2 is 1.83 bits per heavy atom. The number of anilines is 2. The summed E-state index contributed by atoms with van der Waals surface area (Å²) in [5.41, 5.74) is 2.87. The molecule has 0 radical (unpaired) electrons. The zero-order chi connectivity index (χ0) is 16.9. The third kappa shape index (κ3) is 4.20. The zero-order valence-corrected chi connectivity index (χ0v) is 15.0. The van der Waals surface area contributed by atoms with Crippen LogP contribution in [0, 0.1) is 6.92 Å². The molecule has 0 aromatic heterocycles. The number of carbonyl (C=O) groups is 1. The molecule has 24 heavy (non-hydrogen) atoms. The number of ether oxygens (including phenoxy) is 2. The summed E-state index contributed by atoms with van der Waals surface area (Å²) in [6, 6.07) is 11.5. The lowest BCUT2D eigenvalue weighted by Crippen LogP contribution is -2.18. The first kappa shape index (κ1) is 16.6. The number of carbonyl (C=O) groups excluding carboxylic acids is 1. The minimum atomic E-state index is -0.0506. The molecule has 2 aromatic rings. The van der Waals surface area contributed by atoms with E-state index in [1.807, 2.05) is 37.3 Å². The van der Waals surface area contributed by atoms with Gasteiger partial charge in [-0.15, -0.1) is 0 Å². The maximum atomic E-state index is 12.1. The Kier molecular flexibility index (Phi) is 5.25. The largest absolute Gasteiger partial charge is 0.486 e. The van der Waals surface area contributed by atoms with Crippen molar-refractivity contribution in [3.05, 3.63) is 46.4 Å². The highest BCUT2D eigenvalue weighted by Crippen LogP contribution is 2.32. The van der Waals surface area contributed by atoms with Gasteiger partial charge in [0.25, 0.3) is 0 Å². The number of halogens is 1. The predicted molar refractivity (Wildman–Crippen MR) is 98.0 cm³/mol. The van der Waals surface area contributed by atoms with Gasteiger partial charge in [0.1, 0.15) is 13.2 Å². The van der Waals surface area contributed by atoms with Crippen LogP contribution in [0.5, 0.6) is 11.5 Å². The van der Waals surface area contributed by atoms with E-state index in [1.165, 1.54) is 5.56 Å². The smallest absolute Gasteiger partial charge is 0.226 e. The second-order valence-corrected chi connectivity index (χ2v) is 6.40. The Labute approximate surface area is 149 Å². The summed E-state index contributed by atoms with van der Waals surface area (Å²) >= 11 is 3.50. The molecule has 2 N–H and O–H groups in total. The van der Waals surface area contributed by atoms with Gasteiger partial charge in [-0.25, -0.2) is 0 Å². The Balaban J connectivity index is 1.49. The zero-order valence-electron chi connectivity index (χ0n) is 13.4. The molecule has 0 unspecified atom stereocenters. The fraction of sp³-hybridized carbons (Fsp3) is 0.278. The highest BCUT2D eigenvalue weighted by Gasteiger charge is 2.12. The van der Waals surface area contributed by atoms with Gasteiger partial charge in [-0.05, 0) is 36.8 Å². The van der Waals surface area contributed by atoms with E-state index in [-0.39, 0.29) is 5.91 Å². The number of aryl methyl sites for hydroxylation is 1. The van der Waals surface area contributed by atoms with Crippen LogP contribution in [-0.4, -0.2) is 25.7 Å². The third-order valence-electron chi connectivity index (χ3n) is 3.68. The second-order valence-electron chi connectivity index (χ2n) is 5.55. The average Bonchev–Trinajstić information content (AvgIpc) is 2.58. The van der Waals surface area contributed by atoms with Gasteiger partial charge in [-0.1, -0.05) is 22.0 Å².